The van der Waals surface area contributed by atoms with Crippen LogP contribution in [0.4, 0.5) is 5.69 Å². The van der Waals surface area contributed by atoms with E-state index in [1.165, 1.54) is 0 Å². The van der Waals surface area contributed by atoms with Gasteiger partial charge in [0.15, 0.2) is 5.75 Å². The van der Waals surface area contributed by atoms with E-state index in [0.29, 0.717) is 12.3 Å². The van der Waals surface area contributed by atoms with Gasteiger partial charge in [0.05, 0.1) is 6.61 Å². The summed E-state index contributed by atoms with van der Waals surface area (Å²) in [5.74, 6) is 0.122. The average Bonchev–Trinajstić information content (AvgIpc) is 2.31. The van der Waals surface area contributed by atoms with Crippen LogP contribution in [0.3, 0.4) is 0 Å². The van der Waals surface area contributed by atoms with Gasteiger partial charge in [-0.05, 0) is 19.4 Å². The molecule has 1 N–H and O–H groups in total. The zero-order chi connectivity index (χ0) is 12.1. The molecule has 0 fully saturated rings. The molecule has 0 saturated carbocycles. The maximum atomic E-state index is 11.3. The summed E-state index contributed by atoms with van der Waals surface area (Å²) in [5, 5.41) is 2.85. The van der Waals surface area contributed by atoms with Crippen LogP contribution in [0.2, 0.25) is 0 Å². The van der Waals surface area contributed by atoms with E-state index in [0.717, 1.165) is 6.42 Å². The van der Waals surface area contributed by atoms with Crippen molar-refractivity contribution >= 4 is 5.69 Å². The molecule has 0 amide bonds. The number of allylic oxidation sites excluding steroid dienone is 2. The molecule has 0 saturated heterocycles. The van der Waals surface area contributed by atoms with Crippen LogP contribution >= 0.6 is 0 Å². The van der Waals surface area contributed by atoms with Crippen molar-refractivity contribution in [2.24, 2.45) is 0 Å². The molecule has 0 aliphatic rings. The fraction of sp³-hybridized carbons (Fsp3) is 0.333. The first-order valence-corrected chi connectivity index (χ1v) is 5.21. The SMILES string of the molecule is C=C/C(=C\CC)Nc1c(OCC)c(=O)c1=O. The van der Waals surface area contributed by atoms with Crippen LogP contribution in [0.5, 0.6) is 5.75 Å². The molecule has 0 radical (unpaired) electrons. The van der Waals surface area contributed by atoms with Crippen LogP contribution in [0, 0.1) is 0 Å². The lowest BCUT2D eigenvalue weighted by Crippen LogP contribution is -2.35. The van der Waals surface area contributed by atoms with Crippen LogP contribution in [-0.2, 0) is 0 Å². The Morgan fingerprint density at radius 1 is 1.38 bits per heavy atom. The Balaban J connectivity index is 2.93. The van der Waals surface area contributed by atoms with Crippen LogP contribution < -0.4 is 20.9 Å². The quantitative estimate of drug-likeness (QED) is 0.585. The summed E-state index contributed by atoms with van der Waals surface area (Å²) < 4.78 is 5.08. The summed E-state index contributed by atoms with van der Waals surface area (Å²) in [6.07, 6.45) is 4.28. The van der Waals surface area contributed by atoms with Crippen LogP contribution in [-0.4, -0.2) is 6.61 Å². The van der Waals surface area contributed by atoms with E-state index in [1.807, 2.05) is 13.0 Å². The number of nitrogens with one attached hydrogen (secondary N) is 1. The minimum Gasteiger partial charge on any atom is -0.488 e. The van der Waals surface area contributed by atoms with Crippen molar-refractivity contribution in [2.75, 3.05) is 11.9 Å². The Bertz CT molecular complexity index is 478. The molecule has 1 aromatic rings. The first kappa shape index (κ1) is 12.2. The third-order valence-corrected chi connectivity index (χ3v) is 2.07. The Hall–Kier alpha value is -1.84. The highest BCUT2D eigenvalue weighted by atomic mass is 16.5. The standard InChI is InChI=1S/C12H15NO3/c1-4-7-8(5-2)13-9-10(14)11(15)12(9)16-6-3/h5,7,13H,2,4,6H2,1,3H3/b8-7+. The molecule has 0 bridgehead atoms. The van der Waals surface area contributed by atoms with Crippen molar-refractivity contribution in [1.82, 2.24) is 0 Å². The fourth-order valence-electron chi connectivity index (χ4n) is 1.32. The second-order valence-electron chi connectivity index (χ2n) is 3.19. The van der Waals surface area contributed by atoms with Crippen molar-refractivity contribution in [2.45, 2.75) is 20.3 Å². The molecule has 0 aromatic heterocycles. The van der Waals surface area contributed by atoms with Gasteiger partial charge in [0.25, 0.3) is 10.9 Å². The first-order chi connectivity index (χ1) is 7.65. The maximum Gasteiger partial charge on any atom is 0.272 e. The average molecular weight is 221 g/mol. The molecule has 1 aromatic carbocycles. The third kappa shape index (κ3) is 2.21. The van der Waals surface area contributed by atoms with E-state index in [9.17, 15) is 9.59 Å². The van der Waals surface area contributed by atoms with Gasteiger partial charge < -0.3 is 10.1 Å². The summed E-state index contributed by atoms with van der Waals surface area (Å²) in [6.45, 7) is 7.71. The molecule has 0 atom stereocenters. The van der Waals surface area contributed by atoms with E-state index in [4.69, 9.17) is 4.74 Å². The van der Waals surface area contributed by atoms with E-state index in [-0.39, 0.29) is 11.4 Å². The lowest BCUT2D eigenvalue weighted by Gasteiger charge is -2.13. The van der Waals surface area contributed by atoms with Crippen molar-refractivity contribution < 1.29 is 4.74 Å². The Kier molecular flexibility index (Phi) is 4.05. The second kappa shape index (κ2) is 5.30. The fourth-order valence-corrected chi connectivity index (χ4v) is 1.32. The number of rotatable bonds is 6. The van der Waals surface area contributed by atoms with Crippen LogP contribution in [0.25, 0.3) is 0 Å². The first-order valence-electron chi connectivity index (χ1n) is 5.21. The van der Waals surface area contributed by atoms with E-state index in [2.05, 4.69) is 11.9 Å². The summed E-state index contributed by atoms with van der Waals surface area (Å²) in [5.41, 5.74) is -0.168. The highest BCUT2D eigenvalue weighted by Crippen LogP contribution is 2.19. The van der Waals surface area contributed by atoms with Gasteiger partial charge in [0.2, 0.25) is 0 Å². The summed E-state index contributed by atoms with van der Waals surface area (Å²) in [4.78, 5) is 22.5. The monoisotopic (exact) mass is 221 g/mol. The molecule has 0 unspecified atom stereocenters. The van der Waals surface area contributed by atoms with Crippen molar-refractivity contribution in [3.05, 3.63) is 44.9 Å². The van der Waals surface area contributed by atoms with Gasteiger partial charge in [-0.15, -0.1) is 0 Å². The van der Waals surface area contributed by atoms with Gasteiger partial charge in [-0.3, -0.25) is 9.59 Å². The van der Waals surface area contributed by atoms with Crippen molar-refractivity contribution in [3.63, 3.8) is 0 Å². The van der Waals surface area contributed by atoms with Gasteiger partial charge >= 0.3 is 0 Å². The molecule has 0 heterocycles. The highest BCUT2D eigenvalue weighted by molar-refractivity contribution is 5.65. The molecule has 0 spiro atoms. The zero-order valence-corrected chi connectivity index (χ0v) is 9.50. The van der Waals surface area contributed by atoms with Gasteiger partial charge in [-0.1, -0.05) is 19.6 Å². The van der Waals surface area contributed by atoms with Crippen molar-refractivity contribution in [3.8, 4) is 5.75 Å². The minimum absolute atomic E-state index is 0.122. The number of ether oxygens (including phenoxy) is 1. The van der Waals surface area contributed by atoms with Gasteiger partial charge in [0, 0.05) is 5.70 Å². The zero-order valence-electron chi connectivity index (χ0n) is 9.50. The van der Waals surface area contributed by atoms with Crippen LogP contribution in [0.1, 0.15) is 20.3 Å². The Morgan fingerprint density at radius 3 is 2.56 bits per heavy atom. The van der Waals surface area contributed by atoms with Gasteiger partial charge in [0.1, 0.15) is 5.69 Å². The molecular formula is C12H15NO3. The van der Waals surface area contributed by atoms with E-state index in [1.54, 1.807) is 13.0 Å². The second-order valence-corrected chi connectivity index (χ2v) is 3.19. The van der Waals surface area contributed by atoms with E-state index < -0.39 is 10.9 Å². The molecular weight excluding hydrogens is 206 g/mol. The summed E-state index contributed by atoms with van der Waals surface area (Å²) in [6, 6.07) is 0. The van der Waals surface area contributed by atoms with Crippen LogP contribution in [0.15, 0.2) is 34.0 Å². The highest BCUT2D eigenvalue weighted by Gasteiger charge is 2.22. The molecule has 16 heavy (non-hydrogen) atoms. The molecule has 4 heteroatoms. The largest absolute Gasteiger partial charge is 0.488 e. The molecule has 0 aliphatic carbocycles. The van der Waals surface area contributed by atoms with E-state index >= 15 is 0 Å². The predicted octanol–water partition coefficient (Wildman–Crippen LogP) is 1.57. The normalized spacial score (nSPS) is 11.5. The molecule has 1 rings (SSSR count). The number of hydrogen-bond acceptors (Lipinski definition) is 4. The smallest absolute Gasteiger partial charge is 0.272 e. The summed E-state index contributed by atoms with van der Waals surface area (Å²) in [7, 11) is 0. The maximum absolute atomic E-state index is 11.3. The Labute approximate surface area is 93.9 Å². The lowest BCUT2D eigenvalue weighted by atomic mass is 10.2. The van der Waals surface area contributed by atoms with Gasteiger partial charge in [-0.2, -0.15) is 0 Å². The summed E-state index contributed by atoms with van der Waals surface area (Å²) >= 11 is 0. The minimum atomic E-state index is -0.565. The Morgan fingerprint density at radius 2 is 2.06 bits per heavy atom. The lowest BCUT2D eigenvalue weighted by molar-refractivity contribution is 0.335. The van der Waals surface area contributed by atoms with Gasteiger partial charge in [-0.25, -0.2) is 0 Å². The van der Waals surface area contributed by atoms with Crippen molar-refractivity contribution in [1.29, 1.82) is 0 Å². The molecule has 4 nitrogen and oxygen atoms in total. The topological polar surface area (TPSA) is 55.4 Å². The molecule has 86 valence electrons. The predicted molar refractivity (Wildman–Crippen MR) is 64.7 cm³/mol. The third-order valence-electron chi connectivity index (χ3n) is 2.07. The molecule has 0 aliphatic heterocycles. The number of anilines is 1. The number of hydrogen-bond donors (Lipinski definition) is 1.